The molecule has 1 unspecified atom stereocenters. The topological polar surface area (TPSA) is 29.5 Å². The first kappa shape index (κ1) is 14.8. The Morgan fingerprint density at radius 1 is 1.29 bits per heavy atom. The molecule has 1 saturated heterocycles. The first-order chi connectivity index (χ1) is 10.2. The van der Waals surface area contributed by atoms with Crippen molar-refractivity contribution in [2.24, 2.45) is 0 Å². The molecule has 2 heterocycles. The summed E-state index contributed by atoms with van der Waals surface area (Å²) in [6.45, 7) is 0.607. The van der Waals surface area contributed by atoms with Gasteiger partial charge in [0.25, 0.3) is 0 Å². The van der Waals surface area contributed by atoms with Crippen molar-refractivity contribution in [3.63, 3.8) is 0 Å². The second kappa shape index (κ2) is 6.30. The van der Waals surface area contributed by atoms with Gasteiger partial charge in [0.05, 0.1) is 17.2 Å². The highest BCUT2D eigenvalue weighted by Gasteiger charge is 2.33. The number of carbonyl (C=O) groups excluding carboxylic acids is 1. The highest BCUT2D eigenvalue weighted by Crippen LogP contribution is 2.43. The maximum atomic E-state index is 12.1. The number of nitrogens with zero attached hydrogens (tertiary/aromatic N) is 1. The summed E-state index contributed by atoms with van der Waals surface area (Å²) in [5.74, 6) is 1.52. The lowest BCUT2D eigenvalue weighted by atomic mass is 10.2. The summed E-state index contributed by atoms with van der Waals surface area (Å²) in [4.78, 5) is 15.2. The molecule has 3 rings (SSSR count). The van der Waals surface area contributed by atoms with Crippen molar-refractivity contribution in [2.45, 2.75) is 11.9 Å². The zero-order valence-corrected chi connectivity index (χ0v) is 13.8. The molecule has 1 aromatic carbocycles. The Balaban J connectivity index is 1.79. The molecule has 110 valence electrons. The number of rotatable bonds is 4. The first-order valence-electron chi connectivity index (χ1n) is 6.46. The lowest BCUT2D eigenvalue weighted by Gasteiger charge is -2.23. The molecule has 1 aliphatic rings. The number of benzene rings is 1. The van der Waals surface area contributed by atoms with E-state index < -0.39 is 0 Å². The van der Waals surface area contributed by atoms with Crippen molar-refractivity contribution in [2.75, 3.05) is 12.9 Å². The van der Waals surface area contributed by atoms with Crippen LogP contribution in [0.3, 0.4) is 0 Å². The van der Waals surface area contributed by atoms with Crippen molar-refractivity contribution >= 4 is 40.6 Å². The lowest BCUT2D eigenvalue weighted by molar-refractivity contribution is -0.128. The van der Waals surface area contributed by atoms with E-state index in [0.29, 0.717) is 12.3 Å². The third-order valence-corrected chi connectivity index (χ3v) is 5.99. The quantitative estimate of drug-likeness (QED) is 0.836. The van der Waals surface area contributed by atoms with Crippen LogP contribution in [0.1, 0.15) is 15.8 Å². The first-order valence-corrected chi connectivity index (χ1v) is 8.71. The summed E-state index contributed by atoms with van der Waals surface area (Å²) in [7, 11) is 1.65. The lowest BCUT2D eigenvalue weighted by Crippen LogP contribution is -2.27. The standard InChI is InChI=1S/C15H14ClNO2S2/c1-19-11-4-2-10(3-5-11)8-17-14(18)9-20-15(17)12-6-7-13(16)21-12/h2-7,15H,8-9H2,1H3. The van der Waals surface area contributed by atoms with E-state index in [1.807, 2.05) is 41.3 Å². The number of carbonyl (C=O) groups is 1. The molecule has 1 aromatic heterocycles. The molecule has 6 heteroatoms. The van der Waals surface area contributed by atoms with E-state index >= 15 is 0 Å². The summed E-state index contributed by atoms with van der Waals surface area (Å²) in [6.07, 6.45) is 0. The van der Waals surface area contributed by atoms with Crippen molar-refractivity contribution in [3.8, 4) is 5.75 Å². The van der Waals surface area contributed by atoms with Crippen LogP contribution in [0.4, 0.5) is 0 Å². The summed E-state index contributed by atoms with van der Waals surface area (Å²) < 4.78 is 5.91. The van der Waals surface area contributed by atoms with E-state index in [0.717, 1.165) is 20.5 Å². The van der Waals surface area contributed by atoms with Crippen LogP contribution in [-0.4, -0.2) is 23.7 Å². The molecular weight excluding hydrogens is 326 g/mol. The Morgan fingerprint density at radius 3 is 2.67 bits per heavy atom. The Morgan fingerprint density at radius 2 is 2.05 bits per heavy atom. The van der Waals surface area contributed by atoms with Crippen LogP contribution < -0.4 is 4.74 Å². The maximum Gasteiger partial charge on any atom is 0.234 e. The highest BCUT2D eigenvalue weighted by molar-refractivity contribution is 8.00. The van der Waals surface area contributed by atoms with Gasteiger partial charge in [0, 0.05) is 11.4 Å². The number of hydrogen-bond donors (Lipinski definition) is 0. The third-order valence-electron chi connectivity index (χ3n) is 3.32. The number of ether oxygens (including phenoxy) is 1. The molecule has 0 N–H and O–H groups in total. The zero-order valence-electron chi connectivity index (χ0n) is 11.4. The molecule has 0 spiro atoms. The SMILES string of the molecule is COc1ccc(CN2C(=O)CSC2c2ccc(Cl)s2)cc1. The molecule has 1 amide bonds. The molecule has 3 nitrogen and oxygen atoms in total. The number of thiophene rings is 1. The van der Waals surface area contributed by atoms with Crippen LogP contribution in [0.15, 0.2) is 36.4 Å². The zero-order chi connectivity index (χ0) is 14.8. The highest BCUT2D eigenvalue weighted by atomic mass is 35.5. The molecule has 0 aliphatic carbocycles. The number of amides is 1. The molecule has 0 bridgehead atoms. The van der Waals surface area contributed by atoms with Crippen molar-refractivity contribution in [1.29, 1.82) is 0 Å². The number of thioether (sulfide) groups is 1. The number of hydrogen-bond acceptors (Lipinski definition) is 4. The Bertz CT molecular complexity index is 641. The van der Waals surface area contributed by atoms with Gasteiger partial charge < -0.3 is 9.64 Å². The molecule has 1 atom stereocenters. The monoisotopic (exact) mass is 339 g/mol. The Hall–Kier alpha value is -1.17. The molecule has 1 fully saturated rings. The molecule has 21 heavy (non-hydrogen) atoms. The fourth-order valence-corrected chi connectivity index (χ4v) is 4.73. The van der Waals surface area contributed by atoms with Gasteiger partial charge >= 0.3 is 0 Å². The second-order valence-corrected chi connectivity index (χ2v) is 7.49. The number of halogens is 1. The predicted molar refractivity (Wildman–Crippen MR) is 88.1 cm³/mol. The van der Waals surface area contributed by atoms with E-state index in [2.05, 4.69) is 0 Å². The van der Waals surface area contributed by atoms with Crippen LogP contribution in [0.25, 0.3) is 0 Å². The van der Waals surface area contributed by atoms with Crippen molar-refractivity contribution in [1.82, 2.24) is 4.90 Å². The van der Waals surface area contributed by atoms with E-state index in [9.17, 15) is 4.79 Å². The minimum Gasteiger partial charge on any atom is -0.497 e. The predicted octanol–water partition coefficient (Wildman–Crippen LogP) is 4.18. The van der Waals surface area contributed by atoms with Gasteiger partial charge in [0.15, 0.2) is 0 Å². The van der Waals surface area contributed by atoms with Gasteiger partial charge in [-0.25, -0.2) is 0 Å². The van der Waals surface area contributed by atoms with Crippen molar-refractivity contribution < 1.29 is 9.53 Å². The van der Waals surface area contributed by atoms with Crippen LogP contribution in [-0.2, 0) is 11.3 Å². The Labute approximate surface area is 136 Å². The van der Waals surface area contributed by atoms with Crippen LogP contribution in [0.2, 0.25) is 4.34 Å². The summed E-state index contributed by atoms with van der Waals surface area (Å²) in [5, 5.41) is 0.0668. The van der Waals surface area contributed by atoms with Gasteiger partial charge in [0.2, 0.25) is 5.91 Å². The van der Waals surface area contributed by atoms with Gasteiger partial charge in [-0.15, -0.1) is 23.1 Å². The van der Waals surface area contributed by atoms with Crippen LogP contribution in [0.5, 0.6) is 5.75 Å². The fraction of sp³-hybridized carbons (Fsp3) is 0.267. The normalized spacial score (nSPS) is 18.3. The second-order valence-electron chi connectivity index (χ2n) is 4.67. The minimum absolute atomic E-state index is 0.0668. The van der Waals surface area contributed by atoms with E-state index in [4.69, 9.17) is 16.3 Å². The van der Waals surface area contributed by atoms with Gasteiger partial charge in [-0.1, -0.05) is 23.7 Å². The van der Waals surface area contributed by atoms with E-state index in [1.54, 1.807) is 18.9 Å². The van der Waals surface area contributed by atoms with Gasteiger partial charge in [-0.3, -0.25) is 4.79 Å². The van der Waals surface area contributed by atoms with Crippen LogP contribution in [0, 0.1) is 0 Å². The molecule has 0 radical (unpaired) electrons. The smallest absolute Gasteiger partial charge is 0.234 e. The Kier molecular flexibility index (Phi) is 4.42. The van der Waals surface area contributed by atoms with Gasteiger partial charge in [-0.2, -0.15) is 0 Å². The van der Waals surface area contributed by atoms with E-state index in [1.165, 1.54) is 11.3 Å². The molecule has 1 aliphatic heterocycles. The average molecular weight is 340 g/mol. The van der Waals surface area contributed by atoms with Gasteiger partial charge in [-0.05, 0) is 29.8 Å². The van der Waals surface area contributed by atoms with Crippen molar-refractivity contribution in [3.05, 3.63) is 51.2 Å². The summed E-state index contributed by atoms with van der Waals surface area (Å²) in [6, 6.07) is 11.7. The third kappa shape index (κ3) is 3.20. The van der Waals surface area contributed by atoms with Crippen LogP contribution >= 0.6 is 34.7 Å². The molecular formula is C15H14ClNO2S2. The van der Waals surface area contributed by atoms with Gasteiger partial charge in [0.1, 0.15) is 11.1 Å². The summed E-state index contributed by atoms with van der Waals surface area (Å²) in [5.41, 5.74) is 1.10. The fourth-order valence-electron chi connectivity index (χ4n) is 2.25. The maximum absolute atomic E-state index is 12.1. The molecule has 2 aromatic rings. The average Bonchev–Trinajstić information content (AvgIpc) is 3.07. The summed E-state index contributed by atoms with van der Waals surface area (Å²) >= 11 is 9.20. The molecule has 0 saturated carbocycles. The van der Waals surface area contributed by atoms with E-state index in [-0.39, 0.29) is 11.3 Å². The minimum atomic E-state index is 0.0668. The number of methoxy groups -OCH3 is 1. The largest absolute Gasteiger partial charge is 0.497 e.